The molecule has 0 aromatic heterocycles. The number of hydrogen-bond donors (Lipinski definition) is 2. The minimum atomic E-state index is -0.859. The number of urea groups is 1. The maximum Gasteiger partial charge on any atom is 0.335 e. The quantitative estimate of drug-likeness (QED) is 0.573. The van der Waals surface area contributed by atoms with Gasteiger partial charge in [-0.05, 0) is 55.0 Å². The molecule has 150 valence electrons. The van der Waals surface area contributed by atoms with E-state index in [-0.39, 0.29) is 27.8 Å². The minimum Gasteiger partial charge on any atom is -0.503 e. The minimum absolute atomic E-state index is 0.0145. The van der Waals surface area contributed by atoms with Gasteiger partial charge in [0.15, 0.2) is 11.5 Å². The standard InChI is InChI=1S/C20H17ClN2O6/c1-3-29-13-6-4-12(5-7-13)23-19(26)14(18(25)22-20(23)27)8-11-9-15(21)17(24)16(10-11)28-2/h4-10,24H,3H2,1-2H3,(H,22,25,27)/b14-8+. The van der Waals surface area contributed by atoms with Crippen LogP contribution < -0.4 is 19.7 Å². The van der Waals surface area contributed by atoms with Crippen molar-refractivity contribution >= 4 is 41.2 Å². The Morgan fingerprint density at radius 1 is 1.17 bits per heavy atom. The third kappa shape index (κ3) is 4.02. The number of barbiturate groups is 1. The van der Waals surface area contributed by atoms with Crippen molar-refractivity contribution in [2.24, 2.45) is 0 Å². The van der Waals surface area contributed by atoms with Gasteiger partial charge in [-0.15, -0.1) is 0 Å². The van der Waals surface area contributed by atoms with Crippen molar-refractivity contribution in [3.05, 3.63) is 52.6 Å². The normalized spacial score (nSPS) is 15.5. The van der Waals surface area contributed by atoms with Gasteiger partial charge in [0.05, 0.1) is 24.4 Å². The highest BCUT2D eigenvalue weighted by atomic mass is 35.5. The number of phenols is 1. The number of carbonyl (C=O) groups excluding carboxylic acids is 3. The molecule has 0 unspecified atom stereocenters. The average molecular weight is 417 g/mol. The molecule has 0 atom stereocenters. The number of phenolic OH excluding ortho intramolecular Hbond substituents is 1. The smallest absolute Gasteiger partial charge is 0.335 e. The molecule has 0 spiro atoms. The zero-order valence-electron chi connectivity index (χ0n) is 15.6. The van der Waals surface area contributed by atoms with Crippen LogP contribution in [-0.4, -0.2) is 36.7 Å². The Balaban J connectivity index is 1.99. The van der Waals surface area contributed by atoms with E-state index < -0.39 is 17.8 Å². The summed E-state index contributed by atoms with van der Waals surface area (Å²) >= 11 is 5.96. The van der Waals surface area contributed by atoms with Crippen LogP contribution in [0.4, 0.5) is 10.5 Å². The van der Waals surface area contributed by atoms with E-state index in [4.69, 9.17) is 21.1 Å². The molecule has 2 aromatic carbocycles. The summed E-state index contributed by atoms with van der Waals surface area (Å²) in [6, 6.07) is 8.22. The lowest BCUT2D eigenvalue weighted by atomic mass is 10.1. The molecule has 29 heavy (non-hydrogen) atoms. The predicted octanol–water partition coefficient (Wildman–Crippen LogP) is 3.12. The van der Waals surface area contributed by atoms with E-state index in [2.05, 4.69) is 5.32 Å². The molecule has 4 amide bonds. The average Bonchev–Trinajstić information content (AvgIpc) is 2.69. The van der Waals surface area contributed by atoms with E-state index in [0.29, 0.717) is 17.9 Å². The lowest BCUT2D eigenvalue weighted by Crippen LogP contribution is -2.54. The van der Waals surface area contributed by atoms with Gasteiger partial charge in [-0.3, -0.25) is 14.9 Å². The second kappa shape index (κ2) is 8.24. The summed E-state index contributed by atoms with van der Waals surface area (Å²) in [5, 5.41) is 12.0. The number of nitrogens with one attached hydrogen (secondary N) is 1. The van der Waals surface area contributed by atoms with Crippen LogP contribution in [0, 0.1) is 0 Å². The number of methoxy groups -OCH3 is 1. The highest BCUT2D eigenvalue weighted by molar-refractivity contribution is 6.39. The molecule has 1 aliphatic heterocycles. The SMILES string of the molecule is CCOc1ccc(N2C(=O)NC(=O)/C(=C\c3cc(Cl)c(O)c(OC)c3)C2=O)cc1. The van der Waals surface area contributed by atoms with Crippen molar-refractivity contribution in [3.8, 4) is 17.2 Å². The summed E-state index contributed by atoms with van der Waals surface area (Å²) in [7, 11) is 1.34. The van der Waals surface area contributed by atoms with E-state index in [9.17, 15) is 19.5 Å². The summed E-state index contributed by atoms with van der Waals surface area (Å²) in [6.45, 7) is 2.31. The van der Waals surface area contributed by atoms with Crippen LogP contribution in [0.25, 0.3) is 6.08 Å². The Bertz CT molecular complexity index is 1020. The highest BCUT2D eigenvalue weighted by Crippen LogP contribution is 2.36. The molecular formula is C20H17ClN2O6. The second-order valence-corrected chi connectivity index (χ2v) is 6.35. The topological polar surface area (TPSA) is 105 Å². The molecule has 1 heterocycles. The number of benzene rings is 2. The zero-order chi connectivity index (χ0) is 21.1. The van der Waals surface area contributed by atoms with E-state index >= 15 is 0 Å². The van der Waals surface area contributed by atoms with Gasteiger partial charge >= 0.3 is 6.03 Å². The van der Waals surface area contributed by atoms with E-state index in [1.807, 2.05) is 6.92 Å². The van der Waals surface area contributed by atoms with Crippen molar-refractivity contribution in [1.29, 1.82) is 0 Å². The molecule has 3 rings (SSSR count). The molecule has 9 heteroatoms. The summed E-state index contributed by atoms with van der Waals surface area (Å²) in [5.41, 5.74) is 0.335. The number of carbonyl (C=O) groups is 3. The van der Waals surface area contributed by atoms with Gasteiger partial charge in [0.1, 0.15) is 11.3 Å². The van der Waals surface area contributed by atoms with Crippen LogP contribution in [0.2, 0.25) is 5.02 Å². The van der Waals surface area contributed by atoms with Crippen LogP contribution in [-0.2, 0) is 9.59 Å². The third-order valence-corrected chi connectivity index (χ3v) is 4.38. The summed E-state index contributed by atoms with van der Waals surface area (Å²) in [5.74, 6) is -1.25. The number of aromatic hydroxyl groups is 1. The molecule has 2 aromatic rings. The fourth-order valence-corrected chi connectivity index (χ4v) is 2.97. The van der Waals surface area contributed by atoms with Crippen molar-refractivity contribution in [2.75, 3.05) is 18.6 Å². The van der Waals surface area contributed by atoms with Crippen LogP contribution in [0.5, 0.6) is 17.2 Å². The number of ether oxygens (including phenoxy) is 2. The van der Waals surface area contributed by atoms with Gasteiger partial charge < -0.3 is 14.6 Å². The van der Waals surface area contributed by atoms with Gasteiger partial charge in [0.25, 0.3) is 11.8 Å². The van der Waals surface area contributed by atoms with Crippen LogP contribution in [0.15, 0.2) is 42.0 Å². The van der Waals surface area contributed by atoms with E-state index in [1.165, 1.54) is 37.5 Å². The summed E-state index contributed by atoms with van der Waals surface area (Å²) in [6.07, 6.45) is 1.26. The number of amides is 4. The Hall–Kier alpha value is -3.52. The van der Waals surface area contributed by atoms with Crippen molar-refractivity contribution in [1.82, 2.24) is 5.32 Å². The Morgan fingerprint density at radius 2 is 1.86 bits per heavy atom. The van der Waals surface area contributed by atoms with Crippen LogP contribution in [0.3, 0.4) is 0 Å². The van der Waals surface area contributed by atoms with Crippen molar-refractivity contribution in [2.45, 2.75) is 6.92 Å². The fourth-order valence-electron chi connectivity index (χ4n) is 2.75. The molecule has 0 radical (unpaired) electrons. The number of nitrogens with zero attached hydrogens (tertiary/aromatic N) is 1. The molecule has 1 aliphatic rings. The third-order valence-electron chi connectivity index (χ3n) is 4.09. The Labute approximate surface area is 171 Å². The largest absolute Gasteiger partial charge is 0.503 e. The number of hydrogen-bond acceptors (Lipinski definition) is 6. The molecule has 2 N–H and O–H groups in total. The molecule has 0 bridgehead atoms. The lowest BCUT2D eigenvalue weighted by Gasteiger charge is -2.26. The lowest BCUT2D eigenvalue weighted by molar-refractivity contribution is -0.122. The fraction of sp³-hybridized carbons (Fsp3) is 0.150. The maximum absolute atomic E-state index is 12.9. The maximum atomic E-state index is 12.9. The van der Waals surface area contributed by atoms with Gasteiger partial charge in [-0.1, -0.05) is 11.6 Å². The van der Waals surface area contributed by atoms with Crippen LogP contribution >= 0.6 is 11.6 Å². The van der Waals surface area contributed by atoms with Crippen molar-refractivity contribution in [3.63, 3.8) is 0 Å². The zero-order valence-corrected chi connectivity index (χ0v) is 16.3. The van der Waals surface area contributed by atoms with Crippen molar-refractivity contribution < 1.29 is 29.0 Å². The predicted molar refractivity (Wildman–Crippen MR) is 106 cm³/mol. The Kier molecular flexibility index (Phi) is 5.74. The van der Waals surface area contributed by atoms with E-state index in [0.717, 1.165) is 4.90 Å². The van der Waals surface area contributed by atoms with Gasteiger partial charge in [0, 0.05) is 0 Å². The first-order valence-corrected chi connectivity index (χ1v) is 8.94. The first-order valence-electron chi connectivity index (χ1n) is 8.56. The second-order valence-electron chi connectivity index (χ2n) is 5.94. The van der Waals surface area contributed by atoms with E-state index in [1.54, 1.807) is 12.1 Å². The molecular weight excluding hydrogens is 400 g/mol. The Morgan fingerprint density at radius 3 is 2.48 bits per heavy atom. The first-order chi connectivity index (χ1) is 13.8. The molecule has 0 aliphatic carbocycles. The number of rotatable bonds is 5. The molecule has 1 fully saturated rings. The molecule has 1 saturated heterocycles. The highest BCUT2D eigenvalue weighted by Gasteiger charge is 2.36. The number of halogens is 1. The van der Waals surface area contributed by atoms with Gasteiger partial charge in [-0.25, -0.2) is 9.69 Å². The van der Waals surface area contributed by atoms with Crippen LogP contribution in [0.1, 0.15) is 12.5 Å². The number of imide groups is 2. The molecule has 8 nitrogen and oxygen atoms in total. The van der Waals surface area contributed by atoms with Gasteiger partial charge in [0.2, 0.25) is 0 Å². The summed E-state index contributed by atoms with van der Waals surface area (Å²) < 4.78 is 10.4. The first kappa shape index (κ1) is 20.2. The van der Waals surface area contributed by atoms with Gasteiger partial charge in [-0.2, -0.15) is 0 Å². The molecule has 0 saturated carbocycles. The summed E-state index contributed by atoms with van der Waals surface area (Å²) in [4.78, 5) is 38.3. The number of anilines is 1. The monoisotopic (exact) mass is 416 g/mol.